The van der Waals surface area contributed by atoms with E-state index in [-0.39, 0.29) is 18.6 Å². The van der Waals surface area contributed by atoms with Crippen molar-refractivity contribution in [3.63, 3.8) is 0 Å². The number of hydrogen-bond acceptors (Lipinski definition) is 4. The highest BCUT2D eigenvalue weighted by atomic mass is 16.5. The Morgan fingerprint density at radius 2 is 1.81 bits per heavy atom. The van der Waals surface area contributed by atoms with E-state index in [1.165, 1.54) is 24.1 Å². The minimum absolute atomic E-state index is 0.0273. The molecule has 5 heteroatoms. The van der Waals surface area contributed by atoms with E-state index in [9.17, 15) is 4.79 Å². The van der Waals surface area contributed by atoms with E-state index in [1.807, 2.05) is 26.0 Å². The third-order valence-electron chi connectivity index (χ3n) is 5.63. The lowest BCUT2D eigenvalue weighted by molar-refractivity contribution is -0.125. The van der Waals surface area contributed by atoms with Crippen LogP contribution in [-0.4, -0.2) is 55.7 Å². The highest BCUT2D eigenvalue weighted by molar-refractivity contribution is 5.77. The summed E-state index contributed by atoms with van der Waals surface area (Å²) in [6, 6.07) is 8.30. The number of hydrogen-bond donors (Lipinski definition) is 1. The number of allylic oxidation sites excluding steroid dienone is 2. The molecule has 1 aliphatic carbocycles. The summed E-state index contributed by atoms with van der Waals surface area (Å²) >= 11 is 0. The van der Waals surface area contributed by atoms with Crippen molar-refractivity contribution in [3.05, 3.63) is 41.1 Å². The topological polar surface area (TPSA) is 44.8 Å². The first-order valence-corrected chi connectivity index (χ1v) is 10.2. The third-order valence-corrected chi connectivity index (χ3v) is 5.63. The second kappa shape index (κ2) is 9.27. The molecule has 1 heterocycles. The van der Waals surface area contributed by atoms with E-state index >= 15 is 0 Å². The number of carbonyl (C=O) groups is 1. The first-order valence-electron chi connectivity index (χ1n) is 10.2. The fraction of sp³-hybridized carbons (Fsp3) is 0.591. The van der Waals surface area contributed by atoms with Crippen molar-refractivity contribution in [2.24, 2.45) is 5.92 Å². The molecule has 1 aromatic rings. The number of piperazine rings is 1. The minimum Gasteiger partial charge on any atom is -0.473 e. The molecule has 3 rings (SSSR count). The maximum absolute atomic E-state index is 11.8. The second-order valence-corrected chi connectivity index (χ2v) is 7.80. The first kappa shape index (κ1) is 19.7. The lowest BCUT2D eigenvalue weighted by atomic mass is 10.1. The van der Waals surface area contributed by atoms with Crippen LogP contribution in [0.5, 0.6) is 5.75 Å². The Bertz CT molecular complexity index is 655. The van der Waals surface area contributed by atoms with Crippen molar-refractivity contribution in [3.8, 4) is 5.75 Å². The summed E-state index contributed by atoms with van der Waals surface area (Å²) < 4.78 is 5.66. The van der Waals surface area contributed by atoms with Gasteiger partial charge in [-0.3, -0.25) is 4.79 Å². The molecule has 2 aliphatic rings. The smallest absolute Gasteiger partial charge is 0.225 e. The number of carbonyl (C=O) groups excluding carboxylic acids is 1. The Kier molecular flexibility index (Phi) is 6.78. The summed E-state index contributed by atoms with van der Waals surface area (Å²) in [5.74, 6) is 0.866. The van der Waals surface area contributed by atoms with E-state index < -0.39 is 0 Å². The summed E-state index contributed by atoms with van der Waals surface area (Å²) in [5, 5.41) is 2.82. The quantitative estimate of drug-likeness (QED) is 0.714. The molecule has 0 radical (unpaired) electrons. The summed E-state index contributed by atoms with van der Waals surface area (Å²) in [6.45, 7) is 8.71. The molecule has 2 fully saturated rings. The Labute approximate surface area is 163 Å². The van der Waals surface area contributed by atoms with Gasteiger partial charge < -0.3 is 19.9 Å². The maximum atomic E-state index is 11.8. The highest BCUT2D eigenvalue weighted by Crippen LogP contribution is 2.35. The van der Waals surface area contributed by atoms with Crippen LogP contribution in [-0.2, 0) is 11.2 Å². The normalized spacial score (nSPS) is 18.2. The van der Waals surface area contributed by atoms with Crippen LogP contribution in [0.25, 0.3) is 0 Å². The molecule has 1 aromatic carbocycles. The lowest BCUT2D eigenvalue weighted by Gasteiger charge is -2.36. The predicted molar refractivity (Wildman–Crippen MR) is 109 cm³/mol. The van der Waals surface area contributed by atoms with Crippen LogP contribution in [0.2, 0.25) is 0 Å². The van der Waals surface area contributed by atoms with Gasteiger partial charge in [0.2, 0.25) is 5.91 Å². The molecule has 5 nitrogen and oxygen atoms in total. The van der Waals surface area contributed by atoms with Crippen molar-refractivity contribution in [1.82, 2.24) is 15.1 Å². The summed E-state index contributed by atoms with van der Waals surface area (Å²) in [7, 11) is 2.20. The van der Waals surface area contributed by atoms with Gasteiger partial charge in [-0.25, -0.2) is 0 Å². The molecule has 0 bridgehead atoms. The molecule has 1 atom stereocenters. The first-order chi connectivity index (χ1) is 13.1. The average Bonchev–Trinajstić information content (AvgIpc) is 3.52. The molecule has 1 aliphatic heterocycles. The molecule has 27 heavy (non-hydrogen) atoms. The SMILES string of the molecule is CCC(C)C(=O)NCOc1ccc(CC(=C2CC2)N2CCN(C)CC2)cc1. The Morgan fingerprint density at radius 3 is 2.41 bits per heavy atom. The zero-order chi connectivity index (χ0) is 19.2. The van der Waals surface area contributed by atoms with Crippen LogP contribution < -0.4 is 10.1 Å². The molecule has 1 saturated heterocycles. The molecular formula is C22H33N3O2. The molecule has 0 spiro atoms. The van der Waals surface area contributed by atoms with E-state index in [1.54, 1.807) is 5.57 Å². The maximum Gasteiger partial charge on any atom is 0.225 e. The Hall–Kier alpha value is -2.01. The average molecular weight is 372 g/mol. The number of nitrogens with zero attached hydrogens (tertiary/aromatic N) is 2. The largest absolute Gasteiger partial charge is 0.473 e. The summed E-state index contributed by atoms with van der Waals surface area (Å²) in [5.41, 5.74) is 4.49. The molecule has 1 saturated carbocycles. The van der Waals surface area contributed by atoms with Crippen LogP contribution in [0, 0.1) is 5.92 Å². The molecular weight excluding hydrogens is 338 g/mol. The van der Waals surface area contributed by atoms with Gasteiger partial charge in [-0.2, -0.15) is 0 Å². The van der Waals surface area contributed by atoms with Gasteiger partial charge in [0, 0.05) is 44.2 Å². The molecule has 0 aromatic heterocycles. The van der Waals surface area contributed by atoms with E-state index in [0.717, 1.165) is 44.8 Å². The Morgan fingerprint density at radius 1 is 1.15 bits per heavy atom. The number of benzene rings is 1. The van der Waals surface area contributed by atoms with Gasteiger partial charge in [-0.05, 0) is 44.0 Å². The zero-order valence-electron chi connectivity index (χ0n) is 17.0. The van der Waals surface area contributed by atoms with Gasteiger partial charge in [-0.1, -0.05) is 31.6 Å². The predicted octanol–water partition coefficient (Wildman–Crippen LogP) is 3.02. The van der Waals surface area contributed by atoms with Crippen molar-refractivity contribution < 1.29 is 9.53 Å². The van der Waals surface area contributed by atoms with Crippen LogP contribution in [0.15, 0.2) is 35.5 Å². The summed E-state index contributed by atoms with van der Waals surface area (Å²) in [4.78, 5) is 16.8. The number of nitrogens with one attached hydrogen (secondary N) is 1. The van der Waals surface area contributed by atoms with Gasteiger partial charge in [0.15, 0.2) is 6.73 Å². The number of likely N-dealkylation sites (N-methyl/N-ethyl adjacent to an activating group) is 1. The second-order valence-electron chi connectivity index (χ2n) is 7.80. The highest BCUT2D eigenvalue weighted by Gasteiger charge is 2.24. The van der Waals surface area contributed by atoms with E-state index in [2.05, 4.69) is 34.3 Å². The van der Waals surface area contributed by atoms with Crippen LogP contribution in [0.4, 0.5) is 0 Å². The summed E-state index contributed by atoms with van der Waals surface area (Å²) in [6.07, 6.45) is 4.37. The van der Waals surface area contributed by atoms with Crippen LogP contribution in [0.1, 0.15) is 38.7 Å². The van der Waals surface area contributed by atoms with Crippen molar-refractivity contribution in [1.29, 1.82) is 0 Å². The molecule has 1 unspecified atom stereocenters. The van der Waals surface area contributed by atoms with E-state index in [4.69, 9.17) is 4.74 Å². The molecule has 1 amide bonds. The van der Waals surface area contributed by atoms with Crippen LogP contribution in [0.3, 0.4) is 0 Å². The number of amides is 1. The van der Waals surface area contributed by atoms with Gasteiger partial charge >= 0.3 is 0 Å². The Balaban J connectivity index is 1.51. The van der Waals surface area contributed by atoms with Gasteiger partial charge in [0.1, 0.15) is 5.75 Å². The molecule has 1 N–H and O–H groups in total. The van der Waals surface area contributed by atoms with Gasteiger partial charge in [0.25, 0.3) is 0 Å². The number of ether oxygens (including phenoxy) is 1. The van der Waals surface area contributed by atoms with Gasteiger partial charge in [0.05, 0.1) is 0 Å². The standard InChI is InChI=1S/C22H33N3O2/c1-4-17(2)22(26)23-16-27-20-9-5-18(6-10-20)15-21(19-7-8-19)25-13-11-24(3)12-14-25/h5-6,9-10,17H,4,7-8,11-16H2,1-3H3,(H,23,26). The van der Waals surface area contributed by atoms with Crippen molar-refractivity contribution in [2.45, 2.75) is 39.5 Å². The van der Waals surface area contributed by atoms with Crippen molar-refractivity contribution >= 4 is 5.91 Å². The monoisotopic (exact) mass is 371 g/mol. The third kappa shape index (κ3) is 5.73. The zero-order valence-corrected chi connectivity index (χ0v) is 17.0. The fourth-order valence-corrected chi connectivity index (χ4v) is 3.33. The fourth-order valence-electron chi connectivity index (χ4n) is 3.33. The molecule has 148 valence electrons. The van der Waals surface area contributed by atoms with Crippen LogP contribution >= 0.6 is 0 Å². The van der Waals surface area contributed by atoms with E-state index in [0.29, 0.717) is 0 Å². The lowest BCUT2D eigenvalue weighted by Crippen LogP contribution is -2.44. The minimum atomic E-state index is 0.0273. The van der Waals surface area contributed by atoms with Crippen molar-refractivity contribution in [2.75, 3.05) is 40.0 Å². The van der Waals surface area contributed by atoms with Gasteiger partial charge in [-0.15, -0.1) is 0 Å². The number of rotatable bonds is 8.